The van der Waals surface area contributed by atoms with Crippen LogP contribution in [0.5, 0.6) is 0 Å². The first-order valence-electron chi connectivity index (χ1n) is 5.70. The highest BCUT2D eigenvalue weighted by Gasteiger charge is 2.14. The van der Waals surface area contributed by atoms with Crippen LogP contribution in [0, 0.1) is 12.7 Å². The third-order valence-electron chi connectivity index (χ3n) is 2.70. The van der Waals surface area contributed by atoms with Gasteiger partial charge in [0.1, 0.15) is 5.82 Å². The number of amides is 1. The first-order valence-corrected chi connectivity index (χ1v) is 7.29. The number of nitrogens with two attached hydrogens (primary N) is 1. The van der Waals surface area contributed by atoms with Gasteiger partial charge in [-0.3, -0.25) is 4.79 Å². The lowest BCUT2D eigenvalue weighted by molar-refractivity contribution is 0.102. The molecule has 0 bridgehead atoms. The van der Waals surface area contributed by atoms with Crippen LogP contribution >= 0.6 is 31.9 Å². The van der Waals surface area contributed by atoms with E-state index in [0.717, 1.165) is 10.0 Å². The van der Waals surface area contributed by atoms with Gasteiger partial charge in [-0.15, -0.1) is 0 Å². The maximum Gasteiger partial charge on any atom is 0.256 e. The van der Waals surface area contributed by atoms with Crippen molar-refractivity contribution in [2.45, 2.75) is 6.92 Å². The van der Waals surface area contributed by atoms with Gasteiger partial charge in [0.2, 0.25) is 0 Å². The zero-order valence-electron chi connectivity index (χ0n) is 10.5. The predicted molar refractivity (Wildman–Crippen MR) is 85.3 cm³/mol. The molecule has 2 aromatic rings. The maximum atomic E-state index is 13.3. The van der Waals surface area contributed by atoms with Crippen LogP contribution < -0.4 is 11.1 Å². The molecule has 1 amide bonds. The van der Waals surface area contributed by atoms with Gasteiger partial charge in [-0.05, 0) is 68.6 Å². The Morgan fingerprint density at radius 2 is 1.90 bits per heavy atom. The number of benzene rings is 2. The van der Waals surface area contributed by atoms with Crippen LogP contribution in [-0.4, -0.2) is 5.91 Å². The van der Waals surface area contributed by atoms with Crippen molar-refractivity contribution in [1.82, 2.24) is 0 Å². The lowest BCUT2D eigenvalue weighted by Crippen LogP contribution is -2.14. The van der Waals surface area contributed by atoms with E-state index >= 15 is 0 Å². The Bertz CT molecular complexity index is 689. The first-order chi connectivity index (χ1) is 9.38. The van der Waals surface area contributed by atoms with Gasteiger partial charge in [0.15, 0.2) is 0 Å². The summed E-state index contributed by atoms with van der Waals surface area (Å²) in [6, 6.07) is 8.04. The van der Waals surface area contributed by atoms with Gasteiger partial charge < -0.3 is 11.1 Å². The Labute approximate surface area is 132 Å². The molecule has 6 heteroatoms. The number of nitrogens with one attached hydrogen (secondary N) is 1. The molecular weight excluding hydrogens is 391 g/mol. The average molecular weight is 402 g/mol. The number of halogens is 3. The van der Waals surface area contributed by atoms with Crippen molar-refractivity contribution >= 4 is 49.1 Å². The SMILES string of the molecule is Cc1ccc(NC(=O)c2cc(N)c(F)cc2Br)c(Br)c1. The molecule has 0 fully saturated rings. The summed E-state index contributed by atoms with van der Waals surface area (Å²) in [6.07, 6.45) is 0. The van der Waals surface area contributed by atoms with E-state index < -0.39 is 5.82 Å². The molecule has 0 saturated heterocycles. The van der Waals surface area contributed by atoms with Gasteiger partial charge in [-0.1, -0.05) is 6.07 Å². The molecule has 0 radical (unpaired) electrons. The van der Waals surface area contributed by atoms with Gasteiger partial charge >= 0.3 is 0 Å². The maximum absolute atomic E-state index is 13.3. The molecule has 0 unspecified atom stereocenters. The Morgan fingerprint density at radius 1 is 1.20 bits per heavy atom. The molecule has 0 aliphatic heterocycles. The highest BCUT2D eigenvalue weighted by molar-refractivity contribution is 9.11. The second-order valence-corrected chi connectivity index (χ2v) is 6.00. The fourth-order valence-corrected chi connectivity index (χ4v) is 2.74. The number of anilines is 2. The lowest BCUT2D eigenvalue weighted by atomic mass is 10.1. The summed E-state index contributed by atoms with van der Waals surface area (Å²) in [4.78, 5) is 12.2. The van der Waals surface area contributed by atoms with E-state index in [1.54, 1.807) is 6.07 Å². The molecule has 0 saturated carbocycles. The highest BCUT2D eigenvalue weighted by atomic mass is 79.9. The van der Waals surface area contributed by atoms with Crippen molar-refractivity contribution in [2.75, 3.05) is 11.1 Å². The van der Waals surface area contributed by atoms with E-state index in [-0.39, 0.29) is 17.2 Å². The van der Waals surface area contributed by atoms with Crippen LogP contribution in [0.4, 0.5) is 15.8 Å². The topological polar surface area (TPSA) is 55.1 Å². The monoisotopic (exact) mass is 400 g/mol. The second kappa shape index (κ2) is 5.93. The Morgan fingerprint density at radius 3 is 2.55 bits per heavy atom. The summed E-state index contributed by atoms with van der Waals surface area (Å²) in [5, 5.41) is 2.75. The molecule has 3 nitrogen and oxygen atoms in total. The Hall–Kier alpha value is -1.40. The van der Waals surface area contributed by atoms with E-state index in [1.165, 1.54) is 12.1 Å². The van der Waals surface area contributed by atoms with Crippen LogP contribution in [0.25, 0.3) is 0 Å². The van der Waals surface area contributed by atoms with Crippen molar-refractivity contribution in [3.63, 3.8) is 0 Å². The molecular formula is C14H11Br2FN2O. The van der Waals surface area contributed by atoms with Gasteiger partial charge in [-0.2, -0.15) is 0 Å². The van der Waals surface area contributed by atoms with Crippen LogP contribution in [-0.2, 0) is 0 Å². The van der Waals surface area contributed by atoms with Crippen molar-refractivity contribution in [2.24, 2.45) is 0 Å². The second-order valence-electron chi connectivity index (χ2n) is 4.29. The van der Waals surface area contributed by atoms with Crippen molar-refractivity contribution in [3.05, 3.63) is 56.2 Å². The summed E-state index contributed by atoms with van der Waals surface area (Å²) >= 11 is 6.54. The molecule has 20 heavy (non-hydrogen) atoms. The van der Waals surface area contributed by atoms with Crippen molar-refractivity contribution in [1.29, 1.82) is 0 Å². The summed E-state index contributed by atoms with van der Waals surface area (Å²) in [5.74, 6) is -0.932. The number of hydrogen-bond donors (Lipinski definition) is 2. The molecule has 0 aliphatic carbocycles. The first kappa shape index (κ1) is 15.0. The fraction of sp³-hybridized carbons (Fsp3) is 0.0714. The number of carbonyl (C=O) groups is 1. The van der Waals surface area contributed by atoms with Crippen LogP contribution in [0.2, 0.25) is 0 Å². The van der Waals surface area contributed by atoms with Crippen LogP contribution in [0.1, 0.15) is 15.9 Å². The minimum Gasteiger partial charge on any atom is -0.396 e. The fourth-order valence-electron chi connectivity index (χ4n) is 1.65. The van der Waals surface area contributed by atoms with Crippen LogP contribution in [0.3, 0.4) is 0 Å². The zero-order valence-corrected chi connectivity index (χ0v) is 13.7. The largest absolute Gasteiger partial charge is 0.396 e. The molecule has 3 N–H and O–H groups in total. The van der Waals surface area contributed by atoms with E-state index in [9.17, 15) is 9.18 Å². The van der Waals surface area contributed by atoms with Crippen molar-refractivity contribution < 1.29 is 9.18 Å². The molecule has 0 atom stereocenters. The molecule has 2 aromatic carbocycles. The average Bonchev–Trinajstić information content (AvgIpc) is 2.37. The quantitative estimate of drug-likeness (QED) is 0.728. The minimum atomic E-state index is -0.565. The molecule has 0 heterocycles. The van der Waals surface area contributed by atoms with E-state index in [1.807, 2.05) is 19.1 Å². The van der Waals surface area contributed by atoms with Gasteiger partial charge in [0, 0.05) is 8.95 Å². The number of carbonyl (C=O) groups excluding carboxylic acids is 1. The molecule has 104 valence electrons. The molecule has 0 spiro atoms. The minimum absolute atomic E-state index is 0.0682. The smallest absolute Gasteiger partial charge is 0.256 e. The Balaban J connectivity index is 2.31. The predicted octanol–water partition coefficient (Wildman–Crippen LogP) is 4.49. The van der Waals surface area contributed by atoms with Crippen molar-refractivity contribution in [3.8, 4) is 0 Å². The number of aryl methyl sites for hydroxylation is 1. The summed E-state index contributed by atoms with van der Waals surface area (Å²) < 4.78 is 14.4. The van der Waals surface area contributed by atoms with E-state index in [0.29, 0.717) is 10.2 Å². The zero-order chi connectivity index (χ0) is 14.9. The molecule has 0 aromatic heterocycles. The number of hydrogen-bond acceptors (Lipinski definition) is 2. The van der Waals surface area contributed by atoms with Gasteiger partial charge in [0.05, 0.1) is 16.9 Å². The Kier molecular flexibility index (Phi) is 4.45. The number of rotatable bonds is 2. The number of nitrogen functional groups attached to an aromatic ring is 1. The normalized spacial score (nSPS) is 10.4. The lowest BCUT2D eigenvalue weighted by Gasteiger charge is -2.10. The van der Waals surface area contributed by atoms with Gasteiger partial charge in [-0.25, -0.2) is 4.39 Å². The van der Waals surface area contributed by atoms with Gasteiger partial charge in [0.25, 0.3) is 5.91 Å². The molecule has 2 rings (SSSR count). The summed E-state index contributed by atoms with van der Waals surface area (Å²) in [5.41, 5.74) is 7.40. The van der Waals surface area contributed by atoms with E-state index in [4.69, 9.17) is 5.73 Å². The van der Waals surface area contributed by atoms with Crippen LogP contribution in [0.15, 0.2) is 39.3 Å². The summed E-state index contributed by atoms with van der Waals surface area (Å²) in [7, 11) is 0. The highest BCUT2D eigenvalue weighted by Crippen LogP contribution is 2.27. The summed E-state index contributed by atoms with van der Waals surface area (Å²) in [6.45, 7) is 1.95. The molecule has 0 aliphatic rings. The third kappa shape index (κ3) is 3.19. The standard InChI is InChI=1S/C14H11Br2FN2O/c1-7-2-3-13(10(16)4-7)19-14(20)8-5-12(18)11(17)6-9(8)15/h2-6H,18H2,1H3,(H,19,20). The van der Waals surface area contributed by atoms with E-state index in [2.05, 4.69) is 37.2 Å². The third-order valence-corrected chi connectivity index (χ3v) is 4.02.